The first-order chi connectivity index (χ1) is 8.49. The van der Waals surface area contributed by atoms with Gasteiger partial charge in [-0.15, -0.1) is 0 Å². The number of nitrogens with zero attached hydrogens (tertiary/aromatic N) is 1. The van der Waals surface area contributed by atoms with Crippen LogP contribution in [0.2, 0.25) is 0 Å². The van der Waals surface area contributed by atoms with Crippen molar-refractivity contribution in [1.29, 1.82) is 0 Å². The maximum Gasteiger partial charge on any atom is 0.240 e. The second-order valence-corrected chi connectivity index (χ2v) is 5.36. The molecule has 96 valence electrons. The predicted octanol–water partition coefficient (Wildman–Crippen LogP) is 0.609. The summed E-state index contributed by atoms with van der Waals surface area (Å²) in [4.78, 5) is -0.135. The fourth-order valence-electron chi connectivity index (χ4n) is 1.35. The Labute approximate surface area is 103 Å². The van der Waals surface area contributed by atoms with Gasteiger partial charge < -0.3 is 5.73 Å². The number of hydrogen-bond donors (Lipinski definition) is 3. The number of sulfonamides is 1. The minimum atomic E-state index is -3.76. The van der Waals surface area contributed by atoms with Gasteiger partial charge in [0.2, 0.25) is 10.0 Å². The topological polar surface area (TPSA) is 101 Å². The Morgan fingerprint density at radius 1 is 1.44 bits per heavy atom. The van der Waals surface area contributed by atoms with Crippen molar-refractivity contribution < 1.29 is 12.8 Å². The summed E-state index contributed by atoms with van der Waals surface area (Å²) in [7, 11) is -3.76. The molecule has 18 heavy (non-hydrogen) atoms. The Morgan fingerprint density at radius 2 is 2.22 bits per heavy atom. The van der Waals surface area contributed by atoms with Crippen LogP contribution in [0.25, 0.3) is 0 Å². The van der Waals surface area contributed by atoms with Gasteiger partial charge in [0.05, 0.1) is 11.1 Å². The van der Waals surface area contributed by atoms with E-state index in [1.165, 1.54) is 24.4 Å². The highest BCUT2D eigenvalue weighted by atomic mass is 32.2. The number of rotatable bonds is 4. The van der Waals surface area contributed by atoms with Crippen LogP contribution in [0.3, 0.4) is 0 Å². The van der Waals surface area contributed by atoms with E-state index in [1.807, 2.05) is 0 Å². The molecule has 2 aromatic rings. The molecule has 2 rings (SSSR count). The third-order valence-corrected chi connectivity index (χ3v) is 3.71. The summed E-state index contributed by atoms with van der Waals surface area (Å²) < 4.78 is 38.9. The van der Waals surface area contributed by atoms with Gasteiger partial charge in [-0.25, -0.2) is 17.5 Å². The maximum atomic E-state index is 12.9. The molecule has 0 fully saturated rings. The van der Waals surface area contributed by atoms with Gasteiger partial charge in [0, 0.05) is 12.1 Å². The molecule has 0 saturated heterocycles. The largest absolute Gasteiger partial charge is 0.384 e. The molecule has 0 aliphatic heterocycles. The fraction of sp³-hybridized carbons (Fsp3) is 0.100. The van der Waals surface area contributed by atoms with Gasteiger partial charge in [-0.1, -0.05) is 6.07 Å². The van der Waals surface area contributed by atoms with Crippen LogP contribution < -0.4 is 10.5 Å². The summed E-state index contributed by atoms with van der Waals surface area (Å²) >= 11 is 0. The predicted molar refractivity (Wildman–Crippen MR) is 63.4 cm³/mol. The van der Waals surface area contributed by atoms with Crippen LogP contribution in [-0.4, -0.2) is 18.6 Å². The highest BCUT2D eigenvalue weighted by Gasteiger charge is 2.15. The van der Waals surface area contributed by atoms with Gasteiger partial charge in [-0.05, 0) is 18.2 Å². The standard InChI is InChI=1S/C10H11FN4O2S/c11-8-2-1-3-9(4-8)18(16,17)14-6-7-5-13-15-10(7)12/h1-5,14H,6H2,(H3,12,13,15). The Morgan fingerprint density at radius 3 is 2.83 bits per heavy atom. The van der Waals surface area contributed by atoms with Crippen molar-refractivity contribution in [3.63, 3.8) is 0 Å². The third kappa shape index (κ3) is 2.66. The number of nitrogens with one attached hydrogen (secondary N) is 2. The molecule has 0 radical (unpaired) electrons. The van der Waals surface area contributed by atoms with E-state index >= 15 is 0 Å². The maximum absolute atomic E-state index is 12.9. The first-order valence-electron chi connectivity index (χ1n) is 5.02. The lowest BCUT2D eigenvalue weighted by atomic mass is 10.3. The van der Waals surface area contributed by atoms with E-state index < -0.39 is 15.8 Å². The van der Waals surface area contributed by atoms with Gasteiger partial charge in [-0.2, -0.15) is 5.10 Å². The Balaban J connectivity index is 2.16. The lowest BCUT2D eigenvalue weighted by Gasteiger charge is -2.06. The van der Waals surface area contributed by atoms with E-state index in [2.05, 4.69) is 14.9 Å². The Hall–Kier alpha value is -1.93. The molecular weight excluding hydrogens is 259 g/mol. The van der Waals surface area contributed by atoms with Crippen molar-refractivity contribution in [2.45, 2.75) is 11.4 Å². The molecule has 0 atom stereocenters. The van der Waals surface area contributed by atoms with Gasteiger partial charge >= 0.3 is 0 Å². The number of benzene rings is 1. The van der Waals surface area contributed by atoms with Crippen LogP contribution in [-0.2, 0) is 16.6 Å². The van der Waals surface area contributed by atoms with Crippen LogP contribution in [0.4, 0.5) is 10.2 Å². The van der Waals surface area contributed by atoms with Crippen LogP contribution in [0.1, 0.15) is 5.56 Å². The van der Waals surface area contributed by atoms with Crippen molar-refractivity contribution >= 4 is 15.8 Å². The zero-order valence-corrected chi connectivity index (χ0v) is 10.0. The lowest BCUT2D eigenvalue weighted by molar-refractivity contribution is 0.577. The summed E-state index contributed by atoms with van der Waals surface area (Å²) in [5, 5.41) is 6.15. The average molecular weight is 270 g/mol. The first kappa shape index (κ1) is 12.5. The second-order valence-electron chi connectivity index (χ2n) is 3.59. The first-order valence-corrected chi connectivity index (χ1v) is 6.50. The molecule has 1 aromatic carbocycles. The van der Waals surface area contributed by atoms with Gasteiger partial charge in [-0.3, -0.25) is 5.10 Å². The number of nitrogens with two attached hydrogens (primary N) is 1. The second kappa shape index (κ2) is 4.75. The number of H-pyrrole nitrogens is 1. The molecule has 0 bridgehead atoms. The molecule has 0 saturated carbocycles. The Bertz CT molecular complexity index is 653. The van der Waals surface area contributed by atoms with Gasteiger partial charge in [0.1, 0.15) is 11.6 Å². The fourth-order valence-corrected chi connectivity index (χ4v) is 2.39. The van der Waals surface area contributed by atoms with Crippen LogP contribution in [0, 0.1) is 5.82 Å². The molecule has 8 heteroatoms. The molecule has 1 heterocycles. The SMILES string of the molecule is Nc1[nH]ncc1CNS(=O)(=O)c1cccc(F)c1. The number of hydrogen-bond acceptors (Lipinski definition) is 4. The van der Waals surface area contributed by atoms with E-state index in [4.69, 9.17) is 5.73 Å². The molecule has 0 unspecified atom stereocenters. The van der Waals surface area contributed by atoms with Crippen LogP contribution >= 0.6 is 0 Å². The minimum Gasteiger partial charge on any atom is -0.384 e. The smallest absolute Gasteiger partial charge is 0.240 e. The minimum absolute atomic E-state index is 0.0127. The summed E-state index contributed by atoms with van der Waals surface area (Å²) in [6.07, 6.45) is 1.42. The summed E-state index contributed by atoms with van der Waals surface area (Å²) in [5.41, 5.74) is 6.04. The number of aromatic amines is 1. The van der Waals surface area contributed by atoms with E-state index in [-0.39, 0.29) is 17.3 Å². The van der Waals surface area contributed by atoms with E-state index in [1.54, 1.807) is 0 Å². The summed E-state index contributed by atoms with van der Waals surface area (Å²) in [6, 6.07) is 4.76. The number of halogens is 1. The number of nitrogen functional groups attached to an aromatic ring is 1. The lowest BCUT2D eigenvalue weighted by Crippen LogP contribution is -2.23. The summed E-state index contributed by atoms with van der Waals surface area (Å²) in [6.45, 7) is -0.0127. The van der Waals surface area contributed by atoms with E-state index in [9.17, 15) is 12.8 Å². The quantitative estimate of drug-likeness (QED) is 0.757. The van der Waals surface area contributed by atoms with E-state index in [0.29, 0.717) is 5.56 Å². The van der Waals surface area contributed by atoms with Crippen LogP contribution in [0.5, 0.6) is 0 Å². The highest BCUT2D eigenvalue weighted by molar-refractivity contribution is 7.89. The molecule has 0 spiro atoms. The molecule has 4 N–H and O–H groups in total. The Kier molecular flexibility index (Phi) is 3.30. The third-order valence-electron chi connectivity index (χ3n) is 2.31. The number of aromatic nitrogens is 2. The van der Waals surface area contributed by atoms with Crippen molar-refractivity contribution in [3.8, 4) is 0 Å². The van der Waals surface area contributed by atoms with Crippen molar-refractivity contribution in [2.24, 2.45) is 0 Å². The summed E-state index contributed by atoms with van der Waals surface area (Å²) in [5.74, 6) is -0.322. The van der Waals surface area contributed by atoms with E-state index in [0.717, 1.165) is 6.07 Å². The van der Waals surface area contributed by atoms with Crippen molar-refractivity contribution in [3.05, 3.63) is 41.8 Å². The monoisotopic (exact) mass is 270 g/mol. The molecule has 1 aromatic heterocycles. The zero-order chi connectivity index (χ0) is 13.2. The zero-order valence-electron chi connectivity index (χ0n) is 9.22. The average Bonchev–Trinajstić information content (AvgIpc) is 2.72. The molecular formula is C10H11FN4O2S. The van der Waals surface area contributed by atoms with Crippen molar-refractivity contribution in [1.82, 2.24) is 14.9 Å². The van der Waals surface area contributed by atoms with Crippen LogP contribution in [0.15, 0.2) is 35.4 Å². The highest BCUT2D eigenvalue weighted by Crippen LogP contribution is 2.12. The molecule has 0 amide bonds. The molecule has 6 nitrogen and oxygen atoms in total. The van der Waals surface area contributed by atoms with Gasteiger partial charge in [0.25, 0.3) is 0 Å². The number of anilines is 1. The van der Waals surface area contributed by atoms with Crippen molar-refractivity contribution in [2.75, 3.05) is 5.73 Å². The van der Waals surface area contributed by atoms with Gasteiger partial charge in [0.15, 0.2) is 0 Å². The molecule has 0 aliphatic rings. The normalized spacial score (nSPS) is 11.6. The molecule has 0 aliphatic carbocycles.